The summed E-state index contributed by atoms with van der Waals surface area (Å²) >= 11 is 0. The van der Waals surface area contributed by atoms with Crippen LogP contribution in [0.5, 0.6) is 0 Å². The molecule has 2 N–H and O–H groups in total. The summed E-state index contributed by atoms with van der Waals surface area (Å²) in [6.45, 7) is 9.39. The molecule has 0 saturated carbocycles. The van der Waals surface area contributed by atoms with Crippen LogP contribution >= 0.6 is 0 Å². The molecule has 0 aromatic carbocycles. The van der Waals surface area contributed by atoms with Crippen molar-refractivity contribution in [2.75, 3.05) is 32.7 Å². The third-order valence-electron chi connectivity index (χ3n) is 3.08. The maximum Gasteiger partial charge on any atom is 0.221 e. The summed E-state index contributed by atoms with van der Waals surface area (Å²) < 4.78 is 0. The van der Waals surface area contributed by atoms with Crippen molar-refractivity contribution >= 4 is 5.91 Å². The minimum Gasteiger partial charge on any atom is -0.356 e. The molecule has 17 heavy (non-hydrogen) atoms. The Morgan fingerprint density at radius 2 is 1.94 bits per heavy atom. The first-order valence-corrected chi connectivity index (χ1v) is 6.91. The first-order valence-electron chi connectivity index (χ1n) is 6.91. The number of likely N-dealkylation sites (tertiary alicyclic amines) is 1. The van der Waals surface area contributed by atoms with Crippen molar-refractivity contribution in [3.63, 3.8) is 0 Å². The minimum atomic E-state index is 0.166. The summed E-state index contributed by atoms with van der Waals surface area (Å²) in [4.78, 5) is 13.9. The van der Waals surface area contributed by atoms with Gasteiger partial charge in [-0.1, -0.05) is 13.8 Å². The van der Waals surface area contributed by atoms with Crippen LogP contribution in [0.25, 0.3) is 0 Å². The van der Waals surface area contributed by atoms with Gasteiger partial charge in [0.2, 0.25) is 5.91 Å². The lowest BCUT2D eigenvalue weighted by Gasteiger charge is -2.14. The van der Waals surface area contributed by atoms with E-state index in [4.69, 9.17) is 0 Å². The largest absolute Gasteiger partial charge is 0.356 e. The third-order valence-corrected chi connectivity index (χ3v) is 3.08. The third kappa shape index (κ3) is 7.34. The molecule has 0 atom stereocenters. The van der Waals surface area contributed by atoms with Gasteiger partial charge in [-0.3, -0.25) is 4.79 Å². The van der Waals surface area contributed by atoms with Gasteiger partial charge in [0.25, 0.3) is 0 Å². The number of carbonyl (C=O) groups is 1. The lowest BCUT2D eigenvalue weighted by molar-refractivity contribution is -0.121. The summed E-state index contributed by atoms with van der Waals surface area (Å²) in [6, 6.07) is 0.456. The number of carbonyl (C=O) groups excluding carboxylic acids is 1. The highest BCUT2D eigenvalue weighted by atomic mass is 16.1. The number of amides is 1. The number of nitrogens with zero attached hydrogens (tertiary/aromatic N) is 1. The van der Waals surface area contributed by atoms with Crippen LogP contribution in [0.15, 0.2) is 0 Å². The Bertz CT molecular complexity index is 213. The molecule has 1 saturated heterocycles. The van der Waals surface area contributed by atoms with E-state index in [9.17, 15) is 4.79 Å². The zero-order chi connectivity index (χ0) is 12.5. The fourth-order valence-corrected chi connectivity index (χ4v) is 2.10. The van der Waals surface area contributed by atoms with Crippen LogP contribution in [-0.2, 0) is 4.79 Å². The average molecular weight is 241 g/mol. The molecule has 1 aliphatic heterocycles. The second-order valence-electron chi connectivity index (χ2n) is 5.11. The molecule has 0 bridgehead atoms. The normalized spacial score (nSPS) is 16.6. The molecule has 4 nitrogen and oxygen atoms in total. The monoisotopic (exact) mass is 241 g/mol. The van der Waals surface area contributed by atoms with Gasteiger partial charge in [0.1, 0.15) is 0 Å². The second-order valence-corrected chi connectivity index (χ2v) is 5.11. The smallest absolute Gasteiger partial charge is 0.221 e. The Morgan fingerprint density at radius 3 is 2.59 bits per heavy atom. The quantitative estimate of drug-likeness (QED) is 0.623. The molecule has 0 aromatic rings. The minimum absolute atomic E-state index is 0.166. The number of rotatable bonds is 8. The van der Waals surface area contributed by atoms with E-state index in [2.05, 4.69) is 29.4 Å². The number of hydrogen-bond acceptors (Lipinski definition) is 3. The van der Waals surface area contributed by atoms with E-state index < -0.39 is 0 Å². The van der Waals surface area contributed by atoms with Gasteiger partial charge < -0.3 is 15.5 Å². The standard InChI is InChI=1S/C13H27N3O/c1-12(2)14-8-6-13(17)15-7-5-11-16-9-3-4-10-16/h12,14H,3-11H2,1-2H3,(H,15,17). The van der Waals surface area contributed by atoms with Gasteiger partial charge in [-0.2, -0.15) is 0 Å². The first kappa shape index (κ1) is 14.5. The Kier molecular flexibility index (Phi) is 7.21. The fourth-order valence-electron chi connectivity index (χ4n) is 2.10. The van der Waals surface area contributed by atoms with Gasteiger partial charge in [-0.05, 0) is 38.9 Å². The summed E-state index contributed by atoms with van der Waals surface area (Å²) in [5.41, 5.74) is 0. The van der Waals surface area contributed by atoms with Gasteiger partial charge in [-0.15, -0.1) is 0 Å². The van der Waals surface area contributed by atoms with Crippen molar-refractivity contribution in [1.29, 1.82) is 0 Å². The maximum atomic E-state index is 11.5. The van der Waals surface area contributed by atoms with E-state index in [1.807, 2.05) is 0 Å². The summed E-state index contributed by atoms with van der Waals surface area (Å²) in [5, 5.41) is 6.22. The van der Waals surface area contributed by atoms with Gasteiger partial charge in [0, 0.05) is 25.6 Å². The Morgan fingerprint density at radius 1 is 1.24 bits per heavy atom. The molecule has 0 aromatic heterocycles. The highest BCUT2D eigenvalue weighted by Crippen LogP contribution is 2.06. The Labute approximate surface area is 105 Å². The lowest BCUT2D eigenvalue weighted by atomic mass is 10.3. The van der Waals surface area contributed by atoms with Crippen molar-refractivity contribution in [3.8, 4) is 0 Å². The lowest BCUT2D eigenvalue weighted by Crippen LogP contribution is -2.32. The Hall–Kier alpha value is -0.610. The molecule has 0 aliphatic carbocycles. The van der Waals surface area contributed by atoms with E-state index >= 15 is 0 Å². The predicted octanol–water partition coefficient (Wildman–Crippen LogP) is 0.977. The topological polar surface area (TPSA) is 44.4 Å². The van der Waals surface area contributed by atoms with Crippen LogP contribution in [0.1, 0.15) is 39.5 Å². The van der Waals surface area contributed by atoms with Crippen LogP contribution in [0.2, 0.25) is 0 Å². The molecule has 1 aliphatic rings. The molecule has 4 heteroatoms. The predicted molar refractivity (Wildman–Crippen MR) is 71.1 cm³/mol. The zero-order valence-corrected chi connectivity index (χ0v) is 11.3. The van der Waals surface area contributed by atoms with Crippen LogP contribution < -0.4 is 10.6 Å². The van der Waals surface area contributed by atoms with E-state index in [-0.39, 0.29) is 5.91 Å². The van der Waals surface area contributed by atoms with Crippen molar-refractivity contribution in [3.05, 3.63) is 0 Å². The Balaban J connectivity index is 1.89. The highest BCUT2D eigenvalue weighted by Gasteiger charge is 2.10. The van der Waals surface area contributed by atoms with Crippen LogP contribution in [0, 0.1) is 0 Å². The van der Waals surface area contributed by atoms with E-state index in [1.165, 1.54) is 25.9 Å². The first-order chi connectivity index (χ1) is 8.18. The molecule has 1 heterocycles. The summed E-state index contributed by atoms with van der Waals surface area (Å²) in [5.74, 6) is 0.166. The van der Waals surface area contributed by atoms with Crippen molar-refractivity contribution < 1.29 is 4.79 Å². The van der Waals surface area contributed by atoms with Gasteiger partial charge in [-0.25, -0.2) is 0 Å². The van der Waals surface area contributed by atoms with E-state index in [0.29, 0.717) is 12.5 Å². The van der Waals surface area contributed by atoms with E-state index in [0.717, 1.165) is 26.1 Å². The van der Waals surface area contributed by atoms with Crippen molar-refractivity contribution in [2.45, 2.75) is 45.6 Å². The van der Waals surface area contributed by atoms with Gasteiger partial charge in [0.15, 0.2) is 0 Å². The SMILES string of the molecule is CC(C)NCCC(=O)NCCCN1CCCC1. The van der Waals surface area contributed by atoms with Crippen molar-refractivity contribution in [2.24, 2.45) is 0 Å². The molecule has 0 unspecified atom stereocenters. The van der Waals surface area contributed by atoms with Crippen molar-refractivity contribution in [1.82, 2.24) is 15.5 Å². The zero-order valence-electron chi connectivity index (χ0n) is 11.3. The highest BCUT2D eigenvalue weighted by molar-refractivity contribution is 5.75. The van der Waals surface area contributed by atoms with Gasteiger partial charge in [0.05, 0.1) is 0 Å². The van der Waals surface area contributed by atoms with Crippen LogP contribution in [0.3, 0.4) is 0 Å². The number of nitrogens with one attached hydrogen (secondary N) is 2. The fraction of sp³-hybridized carbons (Fsp3) is 0.923. The van der Waals surface area contributed by atoms with Crippen LogP contribution in [-0.4, -0.2) is 49.6 Å². The second kappa shape index (κ2) is 8.48. The number of hydrogen-bond donors (Lipinski definition) is 2. The molecule has 0 spiro atoms. The van der Waals surface area contributed by atoms with E-state index in [1.54, 1.807) is 0 Å². The molecule has 0 radical (unpaired) electrons. The van der Waals surface area contributed by atoms with Crippen LogP contribution in [0.4, 0.5) is 0 Å². The average Bonchev–Trinajstić information content (AvgIpc) is 2.76. The molecule has 1 amide bonds. The molecular weight excluding hydrogens is 214 g/mol. The molecule has 1 fully saturated rings. The maximum absolute atomic E-state index is 11.5. The molecule has 1 rings (SSSR count). The summed E-state index contributed by atoms with van der Waals surface area (Å²) in [7, 11) is 0. The summed E-state index contributed by atoms with van der Waals surface area (Å²) in [6.07, 6.45) is 4.34. The van der Waals surface area contributed by atoms with Gasteiger partial charge >= 0.3 is 0 Å². The molecule has 100 valence electrons. The molecular formula is C13H27N3O.